The van der Waals surface area contributed by atoms with Gasteiger partial charge in [-0.15, -0.1) is 0 Å². The van der Waals surface area contributed by atoms with E-state index in [-0.39, 0.29) is 11.3 Å². The summed E-state index contributed by atoms with van der Waals surface area (Å²) in [5.74, 6) is 0. The average Bonchev–Trinajstić information content (AvgIpc) is 1.94. The number of rotatable bonds is 1. The lowest BCUT2D eigenvalue weighted by Gasteiger charge is -1.96. The first-order valence-corrected chi connectivity index (χ1v) is 2.98. The lowest BCUT2D eigenvalue weighted by Crippen LogP contribution is -2.13. The zero-order chi connectivity index (χ0) is 8.43. The molecule has 0 unspecified atom stereocenters. The van der Waals surface area contributed by atoms with Crippen molar-refractivity contribution in [1.29, 1.82) is 0 Å². The molecule has 0 aliphatic heterocycles. The monoisotopic (exact) mass is 148 g/mol. The molecule has 4 nitrogen and oxygen atoms in total. The normalized spacial score (nSPS) is 9.55. The Morgan fingerprint density at radius 3 is 2.82 bits per heavy atom. The van der Waals surface area contributed by atoms with Gasteiger partial charge in [0.05, 0.1) is 10.5 Å². The molecule has 1 rings (SSSR count). The van der Waals surface area contributed by atoms with E-state index in [2.05, 4.69) is 4.98 Å². The largest absolute Gasteiger partial charge is 0.280 e. The van der Waals surface area contributed by atoms with Crippen molar-refractivity contribution in [3.8, 4) is 0 Å². The number of hydrogen-bond acceptors (Lipinski definition) is 3. The van der Waals surface area contributed by atoms with E-state index >= 15 is 0 Å². The molecule has 0 atom stereocenters. The maximum absolute atomic E-state index is 10.3. The third-order valence-corrected chi connectivity index (χ3v) is 1.23. The second kappa shape index (κ2) is 2.69. The number of aromatic nitrogens is 1. The third kappa shape index (κ3) is 1.55. The molecule has 0 saturated carbocycles. The predicted molar refractivity (Wildman–Crippen MR) is 41.0 cm³/mol. The lowest BCUT2D eigenvalue weighted by molar-refractivity contribution is -0.383. The van der Waals surface area contributed by atoms with Gasteiger partial charge in [0, 0.05) is 12.3 Å². The number of hydrogen-bond donors (Lipinski definition) is 0. The van der Waals surface area contributed by atoms with Crippen molar-refractivity contribution in [3.05, 3.63) is 27.9 Å². The number of pyridine rings is 1. The molecular weight excluding hydrogens is 143 g/mol. The minimum absolute atomic E-state index is 0.0411. The highest BCUT2D eigenvalue weighted by molar-refractivity contribution is 6.33. The first kappa shape index (κ1) is 7.72. The molecule has 5 heteroatoms. The van der Waals surface area contributed by atoms with Crippen LogP contribution in [0.15, 0.2) is 12.3 Å². The van der Waals surface area contributed by atoms with Crippen LogP contribution in [0.2, 0.25) is 0 Å². The predicted octanol–water partition coefficient (Wildman–Crippen LogP) is 0.0920. The molecule has 0 amide bonds. The molecule has 0 fully saturated rings. The van der Waals surface area contributed by atoms with Crippen LogP contribution in [0.1, 0.15) is 5.56 Å². The molecule has 2 radical (unpaired) electrons. The maximum atomic E-state index is 10.3. The summed E-state index contributed by atoms with van der Waals surface area (Å²) in [7, 11) is 5.24. The van der Waals surface area contributed by atoms with Crippen LogP contribution in [0.4, 0.5) is 5.69 Å². The van der Waals surface area contributed by atoms with Crippen molar-refractivity contribution in [1.82, 2.24) is 4.98 Å². The average molecular weight is 148 g/mol. The molecule has 1 heterocycles. The van der Waals surface area contributed by atoms with Crippen LogP contribution in [-0.4, -0.2) is 17.8 Å². The Balaban J connectivity index is 3.23. The molecular formula is C6H5BN2O2. The molecule has 1 aromatic rings. The van der Waals surface area contributed by atoms with Gasteiger partial charge in [-0.25, -0.2) is 0 Å². The Kier molecular flexibility index (Phi) is 1.89. The van der Waals surface area contributed by atoms with Gasteiger partial charge in [0.25, 0.3) is 5.69 Å². The van der Waals surface area contributed by atoms with Crippen LogP contribution in [-0.2, 0) is 0 Å². The Bertz CT molecular complexity index is 301. The van der Waals surface area contributed by atoms with Crippen molar-refractivity contribution in [2.24, 2.45) is 0 Å². The molecule has 0 bridgehead atoms. The molecule has 0 aliphatic rings. The van der Waals surface area contributed by atoms with Crippen LogP contribution in [0.5, 0.6) is 0 Å². The van der Waals surface area contributed by atoms with Crippen molar-refractivity contribution >= 4 is 19.1 Å². The van der Waals surface area contributed by atoms with E-state index in [0.29, 0.717) is 0 Å². The molecule has 11 heavy (non-hydrogen) atoms. The zero-order valence-electron chi connectivity index (χ0n) is 5.94. The highest BCUT2D eigenvalue weighted by atomic mass is 16.6. The van der Waals surface area contributed by atoms with Gasteiger partial charge in [-0.05, 0) is 12.5 Å². The van der Waals surface area contributed by atoms with E-state index in [0.717, 1.165) is 5.56 Å². The molecule has 0 aromatic carbocycles. The Hall–Kier alpha value is -1.39. The Labute approximate surface area is 64.8 Å². The van der Waals surface area contributed by atoms with E-state index < -0.39 is 4.92 Å². The van der Waals surface area contributed by atoms with E-state index in [1.165, 1.54) is 12.3 Å². The van der Waals surface area contributed by atoms with Crippen molar-refractivity contribution in [3.63, 3.8) is 0 Å². The topological polar surface area (TPSA) is 56.0 Å². The summed E-state index contributed by atoms with van der Waals surface area (Å²) in [6.07, 6.45) is 1.49. The number of nitrogens with zero attached hydrogens (tertiary/aromatic N) is 2. The minimum Gasteiger partial charge on any atom is -0.266 e. The van der Waals surface area contributed by atoms with E-state index in [9.17, 15) is 10.1 Å². The van der Waals surface area contributed by atoms with Crippen LogP contribution in [0, 0.1) is 17.0 Å². The third-order valence-electron chi connectivity index (χ3n) is 1.23. The fourth-order valence-electron chi connectivity index (χ4n) is 0.711. The van der Waals surface area contributed by atoms with E-state index in [1.807, 2.05) is 0 Å². The van der Waals surface area contributed by atoms with Gasteiger partial charge >= 0.3 is 0 Å². The highest BCUT2D eigenvalue weighted by Crippen LogP contribution is 2.06. The summed E-state index contributed by atoms with van der Waals surface area (Å²) in [5, 5.41) is 10.3. The quantitative estimate of drug-likeness (QED) is 0.322. The van der Waals surface area contributed by atoms with Crippen molar-refractivity contribution in [2.45, 2.75) is 6.92 Å². The van der Waals surface area contributed by atoms with Gasteiger partial charge in [-0.2, -0.15) is 0 Å². The first-order valence-electron chi connectivity index (χ1n) is 2.98. The van der Waals surface area contributed by atoms with Crippen molar-refractivity contribution in [2.75, 3.05) is 0 Å². The molecule has 54 valence electrons. The second-order valence-corrected chi connectivity index (χ2v) is 2.17. The van der Waals surface area contributed by atoms with Gasteiger partial charge in [0.1, 0.15) is 0 Å². The van der Waals surface area contributed by atoms with Gasteiger partial charge in [-0.3, -0.25) is 15.1 Å². The Morgan fingerprint density at radius 1 is 1.73 bits per heavy atom. The summed E-state index contributed by atoms with van der Waals surface area (Å²) < 4.78 is 0. The zero-order valence-corrected chi connectivity index (χ0v) is 5.94. The van der Waals surface area contributed by atoms with Gasteiger partial charge in [-0.1, -0.05) is 0 Å². The fourth-order valence-corrected chi connectivity index (χ4v) is 0.711. The smallest absolute Gasteiger partial charge is 0.266 e. The van der Waals surface area contributed by atoms with Crippen LogP contribution in [0.3, 0.4) is 0 Å². The van der Waals surface area contributed by atoms with Gasteiger partial charge < -0.3 is 0 Å². The summed E-state index contributed by atoms with van der Waals surface area (Å²) in [4.78, 5) is 13.3. The SMILES string of the molecule is [B]c1ncc(C)cc1[N+](=O)[O-]. The Morgan fingerprint density at radius 2 is 2.36 bits per heavy atom. The van der Waals surface area contributed by atoms with E-state index in [1.54, 1.807) is 6.92 Å². The van der Waals surface area contributed by atoms with Crippen LogP contribution >= 0.6 is 0 Å². The summed E-state index contributed by atoms with van der Waals surface area (Å²) in [6, 6.07) is 1.39. The first-order chi connectivity index (χ1) is 5.11. The molecule has 1 aromatic heterocycles. The number of nitro groups is 1. The lowest BCUT2D eigenvalue weighted by atomic mass is 10.0. The molecule has 0 aliphatic carbocycles. The summed E-state index contributed by atoms with van der Waals surface area (Å²) in [6.45, 7) is 1.72. The summed E-state index contributed by atoms with van der Waals surface area (Å²) >= 11 is 0. The van der Waals surface area contributed by atoms with E-state index in [4.69, 9.17) is 7.85 Å². The molecule has 0 N–H and O–H groups in total. The van der Waals surface area contributed by atoms with Gasteiger partial charge in [0.15, 0.2) is 7.85 Å². The second-order valence-electron chi connectivity index (χ2n) is 2.17. The maximum Gasteiger partial charge on any atom is 0.280 e. The minimum atomic E-state index is -0.546. The van der Waals surface area contributed by atoms with Crippen LogP contribution < -0.4 is 5.59 Å². The van der Waals surface area contributed by atoms with Crippen molar-refractivity contribution < 1.29 is 4.92 Å². The molecule has 0 spiro atoms. The van der Waals surface area contributed by atoms with Crippen LogP contribution in [0.25, 0.3) is 0 Å². The summed E-state index contributed by atoms with van der Waals surface area (Å²) in [5.41, 5.74) is 0.552. The van der Waals surface area contributed by atoms with Gasteiger partial charge in [0.2, 0.25) is 0 Å². The highest BCUT2D eigenvalue weighted by Gasteiger charge is 2.09. The number of aryl methyl sites for hydroxylation is 1. The molecule has 0 saturated heterocycles. The fraction of sp³-hybridized carbons (Fsp3) is 0.167. The standard InChI is InChI=1S/C6H5BN2O2/c1-4-2-5(9(10)11)6(7)8-3-4/h2-3H,1H3.